The smallest absolute Gasteiger partial charge is 0.0947 e. The third-order valence-electron chi connectivity index (χ3n) is 3.99. The first-order chi connectivity index (χ1) is 8.29. The maximum absolute atomic E-state index is 5.07. The Labute approximate surface area is 104 Å². The van der Waals surface area contributed by atoms with Crippen LogP contribution in [-0.4, -0.2) is 30.6 Å². The van der Waals surface area contributed by atoms with Gasteiger partial charge in [-0.15, -0.1) is 0 Å². The quantitative estimate of drug-likeness (QED) is 0.851. The molecule has 0 amide bonds. The molecule has 1 atom stereocenters. The summed E-state index contributed by atoms with van der Waals surface area (Å²) < 4.78 is 5.07. The topological polar surface area (TPSA) is 28.4 Å². The van der Waals surface area contributed by atoms with Crippen molar-refractivity contribution in [3.05, 3.63) is 24.2 Å². The second kappa shape index (κ2) is 6.22. The van der Waals surface area contributed by atoms with E-state index in [4.69, 9.17) is 4.42 Å². The highest BCUT2D eigenvalue weighted by molar-refractivity contribution is 5.04. The van der Waals surface area contributed by atoms with Crippen LogP contribution in [0, 0.1) is 5.92 Å². The van der Waals surface area contributed by atoms with Gasteiger partial charge in [-0.1, -0.05) is 6.92 Å². The van der Waals surface area contributed by atoms with Crippen molar-refractivity contribution in [3.8, 4) is 0 Å². The van der Waals surface area contributed by atoms with Gasteiger partial charge in [-0.3, -0.25) is 0 Å². The normalized spacial score (nSPS) is 20.6. The van der Waals surface area contributed by atoms with E-state index in [1.165, 1.54) is 38.0 Å². The summed E-state index contributed by atoms with van der Waals surface area (Å²) in [7, 11) is 0. The Hall–Kier alpha value is -0.800. The average Bonchev–Trinajstić information content (AvgIpc) is 2.89. The van der Waals surface area contributed by atoms with Crippen LogP contribution in [0.4, 0.5) is 0 Å². The van der Waals surface area contributed by atoms with Gasteiger partial charge in [0, 0.05) is 18.2 Å². The molecule has 3 nitrogen and oxygen atoms in total. The fourth-order valence-corrected chi connectivity index (χ4v) is 2.61. The molecule has 1 aromatic heterocycles. The van der Waals surface area contributed by atoms with Crippen molar-refractivity contribution in [3.63, 3.8) is 0 Å². The van der Waals surface area contributed by atoms with Gasteiger partial charge in [-0.05, 0) is 51.4 Å². The monoisotopic (exact) mass is 236 g/mol. The number of hydrogen-bond acceptors (Lipinski definition) is 3. The van der Waals surface area contributed by atoms with Crippen LogP contribution in [0.15, 0.2) is 23.0 Å². The zero-order valence-electron chi connectivity index (χ0n) is 11.0. The predicted molar refractivity (Wildman–Crippen MR) is 69.8 cm³/mol. The molecule has 0 saturated carbocycles. The Balaban J connectivity index is 1.71. The van der Waals surface area contributed by atoms with Crippen molar-refractivity contribution in [2.24, 2.45) is 5.92 Å². The molecule has 1 unspecified atom stereocenters. The molecule has 3 heteroatoms. The highest BCUT2D eigenvalue weighted by Gasteiger charge is 2.22. The molecule has 0 spiro atoms. The molecule has 1 saturated heterocycles. The third kappa shape index (κ3) is 3.58. The van der Waals surface area contributed by atoms with E-state index in [0.29, 0.717) is 6.04 Å². The Bertz CT molecular complexity index is 302. The minimum Gasteiger partial charge on any atom is -0.472 e. The molecule has 0 aliphatic carbocycles. The lowest BCUT2D eigenvalue weighted by atomic mass is 9.90. The fraction of sp³-hybridized carbons (Fsp3) is 0.714. The highest BCUT2D eigenvalue weighted by Crippen LogP contribution is 2.20. The van der Waals surface area contributed by atoms with E-state index < -0.39 is 0 Å². The lowest BCUT2D eigenvalue weighted by Gasteiger charge is -2.34. The van der Waals surface area contributed by atoms with Gasteiger partial charge in [0.25, 0.3) is 0 Å². The van der Waals surface area contributed by atoms with Crippen molar-refractivity contribution < 1.29 is 4.42 Å². The summed E-state index contributed by atoms with van der Waals surface area (Å²) in [5, 5.41) is 3.61. The number of nitrogens with zero attached hydrogens (tertiary/aromatic N) is 1. The lowest BCUT2D eigenvalue weighted by molar-refractivity contribution is 0.168. The van der Waals surface area contributed by atoms with Gasteiger partial charge in [0.2, 0.25) is 0 Å². The molecule has 1 aromatic rings. The molecule has 1 aliphatic heterocycles. The summed E-state index contributed by atoms with van der Waals surface area (Å²) in [4.78, 5) is 2.54. The highest BCUT2D eigenvalue weighted by atomic mass is 16.3. The van der Waals surface area contributed by atoms with Crippen LogP contribution in [0.5, 0.6) is 0 Å². The molecule has 17 heavy (non-hydrogen) atoms. The Morgan fingerprint density at radius 1 is 1.47 bits per heavy atom. The van der Waals surface area contributed by atoms with Crippen LogP contribution in [0.1, 0.15) is 32.3 Å². The summed E-state index contributed by atoms with van der Waals surface area (Å²) in [6.45, 7) is 9.21. The Morgan fingerprint density at radius 3 is 2.82 bits per heavy atom. The Morgan fingerprint density at radius 2 is 2.24 bits per heavy atom. The lowest BCUT2D eigenvalue weighted by Crippen LogP contribution is -2.41. The Kier molecular flexibility index (Phi) is 4.63. The fourth-order valence-electron chi connectivity index (χ4n) is 2.61. The number of piperidine rings is 1. The number of nitrogens with one attached hydrogen (secondary N) is 1. The van der Waals surface area contributed by atoms with Crippen LogP contribution in [0.3, 0.4) is 0 Å². The largest absolute Gasteiger partial charge is 0.472 e. The van der Waals surface area contributed by atoms with Crippen molar-refractivity contribution in [1.29, 1.82) is 0 Å². The minimum atomic E-state index is 0.601. The van der Waals surface area contributed by atoms with Crippen molar-refractivity contribution in [2.75, 3.05) is 19.6 Å². The van der Waals surface area contributed by atoms with E-state index in [-0.39, 0.29) is 0 Å². The SMILES string of the molecule is CCN1CCC(C(C)NCc2ccoc2)CC1. The van der Waals surface area contributed by atoms with Crippen LogP contribution in [-0.2, 0) is 6.54 Å². The number of likely N-dealkylation sites (tertiary alicyclic amines) is 1. The number of hydrogen-bond donors (Lipinski definition) is 1. The van der Waals surface area contributed by atoms with Crippen LogP contribution >= 0.6 is 0 Å². The second-order valence-corrected chi connectivity index (χ2v) is 5.07. The molecule has 2 heterocycles. The minimum absolute atomic E-state index is 0.601. The van der Waals surface area contributed by atoms with Crippen molar-refractivity contribution in [2.45, 2.75) is 39.3 Å². The first-order valence-electron chi connectivity index (χ1n) is 6.76. The molecule has 0 bridgehead atoms. The summed E-state index contributed by atoms with van der Waals surface area (Å²) in [5.74, 6) is 0.824. The average molecular weight is 236 g/mol. The summed E-state index contributed by atoms with van der Waals surface area (Å²) in [6, 6.07) is 2.63. The van der Waals surface area contributed by atoms with Gasteiger partial charge in [-0.25, -0.2) is 0 Å². The first kappa shape index (κ1) is 12.7. The first-order valence-corrected chi connectivity index (χ1v) is 6.76. The van der Waals surface area contributed by atoms with E-state index >= 15 is 0 Å². The number of furan rings is 1. The van der Waals surface area contributed by atoms with E-state index in [1.807, 2.05) is 12.3 Å². The standard InChI is InChI=1S/C14H24N2O/c1-3-16-7-4-14(5-8-16)12(2)15-10-13-6-9-17-11-13/h6,9,11-12,14-15H,3-5,7-8,10H2,1-2H3. The van der Waals surface area contributed by atoms with Gasteiger partial charge in [-0.2, -0.15) is 0 Å². The molecule has 1 fully saturated rings. The molecule has 0 aromatic carbocycles. The van der Waals surface area contributed by atoms with E-state index in [9.17, 15) is 0 Å². The zero-order chi connectivity index (χ0) is 12.1. The molecule has 1 N–H and O–H groups in total. The van der Waals surface area contributed by atoms with Gasteiger partial charge in [0.15, 0.2) is 0 Å². The zero-order valence-corrected chi connectivity index (χ0v) is 11.0. The van der Waals surface area contributed by atoms with E-state index in [2.05, 4.69) is 24.1 Å². The third-order valence-corrected chi connectivity index (χ3v) is 3.99. The summed E-state index contributed by atoms with van der Waals surface area (Å²) in [6.07, 6.45) is 6.21. The van der Waals surface area contributed by atoms with Gasteiger partial charge < -0.3 is 14.6 Å². The molecular formula is C14H24N2O. The molecule has 2 rings (SSSR count). The maximum Gasteiger partial charge on any atom is 0.0947 e. The maximum atomic E-state index is 5.07. The second-order valence-electron chi connectivity index (χ2n) is 5.07. The molecule has 96 valence electrons. The van der Waals surface area contributed by atoms with Crippen molar-refractivity contribution >= 4 is 0 Å². The predicted octanol–water partition coefficient (Wildman–Crippen LogP) is 2.49. The van der Waals surface area contributed by atoms with E-state index in [0.717, 1.165) is 12.5 Å². The molecular weight excluding hydrogens is 212 g/mol. The molecule has 1 aliphatic rings. The van der Waals surface area contributed by atoms with Crippen LogP contribution < -0.4 is 5.32 Å². The van der Waals surface area contributed by atoms with Crippen LogP contribution in [0.25, 0.3) is 0 Å². The van der Waals surface area contributed by atoms with Gasteiger partial charge >= 0.3 is 0 Å². The van der Waals surface area contributed by atoms with Gasteiger partial charge in [0.1, 0.15) is 0 Å². The van der Waals surface area contributed by atoms with Crippen LogP contribution in [0.2, 0.25) is 0 Å². The summed E-state index contributed by atoms with van der Waals surface area (Å²) >= 11 is 0. The summed E-state index contributed by atoms with van der Waals surface area (Å²) in [5.41, 5.74) is 1.24. The molecule has 0 radical (unpaired) electrons. The van der Waals surface area contributed by atoms with E-state index in [1.54, 1.807) is 6.26 Å². The number of rotatable bonds is 5. The van der Waals surface area contributed by atoms with Gasteiger partial charge in [0.05, 0.1) is 12.5 Å². The van der Waals surface area contributed by atoms with Crippen molar-refractivity contribution in [1.82, 2.24) is 10.2 Å².